The Morgan fingerprint density at radius 1 is 1.33 bits per heavy atom. The molecule has 0 radical (unpaired) electrons. The van der Waals surface area contributed by atoms with E-state index in [-0.39, 0.29) is 5.91 Å². The molecule has 6 nitrogen and oxygen atoms in total. The van der Waals surface area contributed by atoms with Crippen molar-refractivity contribution in [2.75, 3.05) is 17.7 Å². The van der Waals surface area contributed by atoms with Gasteiger partial charge in [0, 0.05) is 18.8 Å². The minimum Gasteiger partial charge on any atom is -0.495 e. The first-order valence-electron chi connectivity index (χ1n) is 6.56. The highest BCUT2D eigenvalue weighted by atomic mass is 16.5. The number of hydrogen-bond acceptors (Lipinski definition) is 5. The Morgan fingerprint density at radius 2 is 2.14 bits per heavy atom. The summed E-state index contributed by atoms with van der Waals surface area (Å²) < 4.78 is 5.31. The van der Waals surface area contributed by atoms with Crippen molar-refractivity contribution in [3.05, 3.63) is 42.0 Å². The van der Waals surface area contributed by atoms with Crippen LogP contribution in [0.1, 0.15) is 18.4 Å². The Hall–Kier alpha value is -2.63. The second-order valence-electron chi connectivity index (χ2n) is 4.54. The number of benzene rings is 1. The predicted octanol–water partition coefficient (Wildman–Crippen LogP) is 2.36. The highest BCUT2D eigenvalue weighted by molar-refractivity contribution is 5.89. The third-order valence-corrected chi connectivity index (χ3v) is 2.81. The molecule has 0 saturated heterocycles. The lowest BCUT2D eigenvalue weighted by Crippen LogP contribution is -2.08. The molecule has 0 unspecified atom stereocenters. The number of nitrogens with zero attached hydrogens (tertiary/aromatic N) is 2. The lowest BCUT2D eigenvalue weighted by molar-refractivity contribution is -0.114. The van der Waals surface area contributed by atoms with Crippen molar-refractivity contribution < 1.29 is 9.53 Å². The van der Waals surface area contributed by atoms with E-state index in [2.05, 4.69) is 20.6 Å². The molecule has 1 aromatic carbocycles. The smallest absolute Gasteiger partial charge is 0.221 e. The van der Waals surface area contributed by atoms with Crippen LogP contribution in [0.2, 0.25) is 0 Å². The van der Waals surface area contributed by atoms with Gasteiger partial charge in [0.25, 0.3) is 0 Å². The fourth-order valence-corrected chi connectivity index (χ4v) is 1.92. The van der Waals surface area contributed by atoms with Gasteiger partial charge >= 0.3 is 0 Å². The third-order valence-electron chi connectivity index (χ3n) is 2.81. The van der Waals surface area contributed by atoms with Crippen LogP contribution in [-0.4, -0.2) is 23.0 Å². The van der Waals surface area contributed by atoms with Crippen LogP contribution in [-0.2, 0) is 11.3 Å². The van der Waals surface area contributed by atoms with Gasteiger partial charge in [-0.25, -0.2) is 9.97 Å². The molecule has 0 aliphatic carbocycles. The number of methoxy groups -OCH3 is 1. The van der Waals surface area contributed by atoms with E-state index in [4.69, 9.17) is 4.74 Å². The van der Waals surface area contributed by atoms with Crippen LogP contribution >= 0.6 is 0 Å². The zero-order valence-corrected chi connectivity index (χ0v) is 12.3. The summed E-state index contributed by atoms with van der Waals surface area (Å²) in [7, 11) is 1.60. The first kappa shape index (κ1) is 14.8. The van der Waals surface area contributed by atoms with Crippen molar-refractivity contribution in [3.8, 4) is 5.75 Å². The zero-order valence-electron chi connectivity index (χ0n) is 12.3. The van der Waals surface area contributed by atoms with Crippen molar-refractivity contribution >= 4 is 17.3 Å². The number of amides is 1. The summed E-state index contributed by atoms with van der Waals surface area (Å²) in [6, 6.07) is 7.28. The molecular formula is C15H18N4O2. The second-order valence-corrected chi connectivity index (χ2v) is 4.54. The quantitative estimate of drug-likeness (QED) is 0.882. The number of hydrogen-bond donors (Lipinski definition) is 2. The van der Waals surface area contributed by atoms with Gasteiger partial charge in [0.1, 0.15) is 11.6 Å². The van der Waals surface area contributed by atoms with Crippen LogP contribution in [0.25, 0.3) is 0 Å². The molecule has 1 heterocycles. The lowest BCUT2D eigenvalue weighted by atomic mass is 10.2. The fraction of sp³-hybridized carbons (Fsp3) is 0.267. The third kappa shape index (κ3) is 4.17. The number of nitrogens with one attached hydrogen (secondary N) is 2. The highest BCUT2D eigenvalue weighted by Crippen LogP contribution is 2.28. The Labute approximate surface area is 123 Å². The Morgan fingerprint density at radius 3 is 2.81 bits per heavy atom. The van der Waals surface area contributed by atoms with Crippen LogP contribution in [0.5, 0.6) is 5.75 Å². The van der Waals surface area contributed by atoms with E-state index in [1.807, 2.05) is 19.1 Å². The summed E-state index contributed by atoms with van der Waals surface area (Å²) in [5.74, 6) is 1.32. The average molecular weight is 286 g/mol. The monoisotopic (exact) mass is 286 g/mol. The predicted molar refractivity (Wildman–Crippen MR) is 81.4 cm³/mol. The van der Waals surface area contributed by atoms with Crippen molar-refractivity contribution in [2.24, 2.45) is 0 Å². The molecule has 0 aliphatic heterocycles. The van der Waals surface area contributed by atoms with Gasteiger partial charge in [-0.05, 0) is 31.2 Å². The highest BCUT2D eigenvalue weighted by Gasteiger charge is 2.06. The van der Waals surface area contributed by atoms with Gasteiger partial charge in [-0.1, -0.05) is 0 Å². The van der Waals surface area contributed by atoms with Gasteiger partial charge in [-0.3, -0.25) is 4.79 Å². The number of aromatic nitrogens is 2. The molecule has 110 valence electrons. The molecule has 6 heteroatoms. The van der Waals surface area contributed by atoms with Gasteiger partial charge in [0.2, 0.25) is 5.91 Å². The van der Waals surface area contributed by atoms with Crippen molar-refractivity contribution in [3.63, 3.8) is 0 Å². The fourth-order valence-electron chi connectivity index (χ4n) is 1.92. The van der Waals surface area contributed by atoms with Gasteiger partial charge in [0.15, 0.2) is 0 Å². The maximum atomic E-state index is 11.1. The number of rotatable bonds is 5. The molecule has 0 saturated carbocycles. The molecule has 0 spiro atoms. The van der Waals surface area contributed by atoms with Crippen LogP contribution in [0.4, 0.5) is 11.4 Å². The van der Waals surface area contributed by atoms with Gasteiger partial charge in [-0.15, -0.1) is 0 Å². The number of ether oxygens (including phenoxy) is 1. The molecule has 2 N–H and O–H groups in total. The van der Waals surface area contributed by atoms with Crippen LogP contribution in [0.3, 0.4) is 0 Å². The summed E-state index contributed by atoms with van der Waals surface area (Å²) in [5.41, 5.74) is 2.39. The van der Waals surface area contributed by atoms with Crippen molar-refractivity contribution in [1.29, 1.82) is 0 Å². The summed E-state index contributed by atoms with van der Waals surface area (Å²) in [6.45, 7) is 3.87. The first-order chi connectivity index (χ1) is 10.1. The van der Waals surface area contributed by atoms with E-state index in [9.17, 15) is 4.79 Å². The lowest BCUT2D eigenvalue weighted by Gasteiger charge is -2.13. The Bertz CT molecular complexity index is 643. The summed E-state index contributed by atoms with van der Waals surface area (Å²) in [5, 5.41) is 6.00. The van der Waals surface area contributed by atoms with Gasteiger partial charge in [-0.2, -0.15) is 0 Å². The molecule has 0 atom stereocenters. The van der Waals surface area contributed by atoms with Crippen LogP contribution in [0, 0.1) is 6.92 Å². The Kier molecular flexibility index (Phi) is 4.71. The molecule has 2 rings (SSSR count). The van der Waals surface area contributed by atoms with Crippen LogP contribution in [0.15, 0.2) is 30.5 Å². The molecule has 1 aromatic heterocycles. The Balaban J connectivity index is 2.15. The van der Waals surface area contributed by atoms with E-state index in [1.165, 1.54) is 6.92 Å². The first-order valence-corrected chi connectivity index (χ1v) is 6.56. The number of carbonyl (C=O) groups is 1. The standard InChI is InChI=1S/C15H18N4O2/c1-10-16-7-6-13(18-10)9-17-14-8-12(19-11(2)20)4-5-15(14)21-3/h4-8,17H,9H2,1-3H3,(H,19,20). The van der Waals surface area contributed by atoms with E-state index in [1.54, 1.807) is 25.4 Å². The normalized spacial score (nSPS) is 10.0. The molecule has 21 heavy (non-hydrogen) atoms. The largest absolute Gasteiger partial charge is 0.495 e. The molecule has 1 amide bonds. The molecule has 2 aromatic rings. The van der Waals surface area contributed by atoms with E-state index in [0.717, 1.165) is 17.2 Å². The topological polar surface area (TPSA) is 76.1 Å². The number of anilines is 2. The van der Waals surface area contributed by atoms with Gasteiger partial charge < -0.3 is 15.4 Å². The maximum Gasteiger partial charge on any atom is 0.221 e. The summed E-state index contributed by atoms with van der Waals surface area (Å²) in [4.78, 5) is 19.5. The molecule has 0 fully saturated rings. The van der Waals surface area contributed by atoms with E-state index in [0.29, 0.717) is 18.0 Å². The van der Waals surface area contributed by atoms with Crippen molar-refractivity contribution in [2.45, 2.75) is 20.4 Å². The van der Waals surface area contributed by atoms with E-state index >= 15 is 0 Å². The average Bonchev–Trinajstić information content (AvgIpc) is 2.45. The summed E-state index contributed by atoms with van der Waals surface area (Å²) in [6.07, 6.45) is 1.73. The molecule has 0 aliphatic rings. The number of carbonyl (C=O) groups excluding carboxylic acids is 1. The SMILES string of the molecule is COc1ccc(NC(C)=O)cc1NCc1ccnc(C)n1. The minimum atomic E-state index is -0.113. The van der Waals surface area contributed by atoms with Gasteiger partial charge in [0.05, 0.1) is 25.0 Å². The van der Waals surface area contributed by atoms with Crippen molar-refractivity contribution in [1.82, 2.24) is 9.97 Å². The van der Waals surface area contributed by atoms with Crippen LogP contribution < -0.4 is 15.4 Å². The zero-order chi connectivity index (χ0) is 15.2. The molecule has 0 bridgehead atoms. The van der Waals surface area contributed by atoms with E-state index < -0.39 is 0 Å². The second kappa shape index (κ2) is 6.69. The number of aryl methyl sites for hydroxylation is 1. The summed E-state index contributed by atoms with van der Waals surface area (Å²) >= 11 is 0. The minimum absolute atomic E-state index is 0.113. The molecular weight excluding hydrogens is 268 g/mol. The maximum absolute atomic E-state index is 11.1.